The van der Waals surface area contributed by atoms with Crippen LogP contribution >= 0.6 is 15.9 Å². The Morgan fingerprint density at radius 3 is 2.94 bits per heavy atom. The highest BCUT2D eigenvalue weighted by Gasteiger charge is 2.27. The molecule has 1 saturated heterocycles. The van der Waals surface area contributed by atoms with Crippen LogP contribution < -0.4 is 5.73 Å². The zero-order valence-corrected chi connectivity index (χ0v) is 11.9. The van der Waals surface area contributed by atoms with E-state index in [0.29, 0.717) is 17.9 Å². The second-order valence-corrected chi connectivity index (χ2v) is 5.75. The van der Waals surface area contributed by atoms with E-state index in [-0.39, 0.29) is 0 Å². The van der Waals surface area contributed by atoms with E-state index in [1.807, 2.05) is 6.07 Å². The normalized spacial score (nSPS) is 21.3. The third-order valence-corrected chi connectivity index (χ3v) is 3.99. The lowest BCUT2D eigenvalue weighted by Gasteiger charge is -2.27. The van der Waals surface area contributed by atoms with Gasteiger partial charge in [0.25, 0.3) is 0 Å². The minimum atomic E-state index is 0.459. The summed E-state index contributed by atoms with van der Waals surface area (Å²) in [7, 11) is 0. The highest BCUT2D eigenvalue weighted by atomic mass is 79.9. The van der Waals surface area contributed by atoms with E-state index in [0.717, 1.165) is 16.6 Å². The van der Waals surface area contributed by atoms with Crippen molar-refractivity contribution in [1.29, 1.82) is 0 Å². The molecule has 0 saturated carbocycles. The predicted molar refractivity (Wildman–Crippen MR) is 72.7 cm³/mol. The Morgan fingerprint density at radius 2 is 2.29 bits per heavy atom. The number of nitrogen functional groups attached to an aromatic ring is 1. The topological polar surface area (TPSA) is 55.0 Å². The van der Waals surface area contributed by atoms with Crippen LogP contribution in [0, 0.1) is 0 Å². The second kappa shape index (κ2) is 5.31. The molecule has 0 aliphatic carbocycles. The van der Waals surface area contributed by atoms with Gasteiger partial charge in [-0.05, 0) is 55.2 Å². The molecule has 2 N–H and O–H groups in total. The van der Waals surface area contributed by atoms with Gasteiger partial charge in [0, 0.05) is 18.5 Å². The summed E-state index contributed by atoms with van der Waals surface area (Å²) in [5, 5.41) is 8.12. The van der Waals surface area contributed by atoms with Gasteiger partial charge in [0.15, 0.2) is 5.82 Å². The minimum Gasteiger partial charge on any atom is -0.381 e. The molecule has 0 bridgehead atoms. The van der Waals surface area contributed by atoms with Crippen molar-refractivity contribution in [2.75, 3.05) is 12.3 Å². The summed E-state index contributed by atoms with van der Waals surface area (Å²) in [6.45, 7) is 5.71. The summed E-state index contributed by atoms with van der Waals surface area (Å²) in [6.07, 6.45) is 3.50. The highest BCUT2D eigenvalue weighted by molar-refractivity contribution is 9.10. The van der Waals surface area contributed by atoms with E-state index >= 15 is 0 Å². The molecular weight excluding hydrogens is 280 g/mol. The molecule has 0 radical (unpaired) electrons. The van der Waals surface area contributed by atoms with Crippen molar-refractivity contribution < 1.29 is 0 Å². The van der Waals surface area contributed by atoms with E-state index in [1.165, 1.54) is 19.4 Å². The number of rotatable bonds is 3. The number of nitrogens with two attached hydrogens (primary N) is 1. The van der Waals surface area contributed by atoms with Crippen molar-refractivity contribution in [1.82, 2.24) is 15.1 Å². The van der Waals surface area contributed by atoms with Gasteiger partial charge < -0.3 is 5.73 Å². The molecule has 17 heavy (non-hydrogen) atoms. The molecule has 1 unspecified atom stereocenters. The number of halogens is 1. The quantitative estimate of drug-likeness (QED) is 0.930. The largest absolute Gasteiger partial charge is 0.381 e. The van der Waals surface area contributed by atoms with Crippen molar-refractivity contribution >= 4 is 21.7 Å². The molecule has 4 nitrogen and oxygen atoms in total. The zero-order valence-electron chi connectivity index (χ0n) is 10.4. The molecule has 1 atom stereocenters. The molecule has 1 aliphatic rings. The Labute approximate surface area is 111 Å². The van der Waals surface area contributed by atoms with E-state index in [4.69, 9.17) is 5.73 Å². The summed E-state index contributed by atoms with van der Waals surface area (Å²) in [5.41, 5.74) is 6.66. The molecule has 5 heteroatoms. The Hall–Kier alpha value is -0.680. The van der Waals surface area contributed by atoms with Crippen LogP contribution in [0.4, 0.5) is 5.82 Å². The fourth-order valence-corrected chi connectivity index (χ4v) is 2.86. The fraction of sp³-hybridized carbons (Fsp3) is 0.667. The number of hydrogen-bond donors (Lipinski definition) is 1. The first-order chi connectivity index (χ1) is 8.08. The van der Waals surface area contributed by atoms with Crippen LogP contribution in [0.3, 0.4) is 0 Å². The van der Waals surface area contributed by atoms with Crippen molar-refractivity contribution in [2.24, 2.45) is 0 Å². The SMILES string of the molecule is CC(C)N1CCCC1Cc1cc(Br)c(N)nn1. The molecule has 2 heterocycles. The standard InChI is InChI=1S/C12H19BrN4/c1-8(2)17-5-3-4-10(17)6-9-7-11(13)12(14)16-15-9/h7-8,10H,3-6H2,1-2H3,(H2,14,16). The van der Waals surface area contributed by atoms with Gasteiger partial charge >= 0.3 is 0 Å². The number of anilines is 1. The maximum atomic E-state index is 5.64. The van der Waals surface area contributed by atoms with Crippen molar-refractivity contribution in [3.05, 3.63) is 16.2 Å². The summed E-state index contributed by atoms with van der Waals surface area (Å²) < 4.78 is 0.844. The molecule has 2 rings (SSSR count). The van der Waals surface area contributed by atoms with E-state index in [2.05, 4.69) is 44.9 Å². The average molecular weight is 299 g/mol. The monoisotopic (exact) mass is 298 g/mol. The van der Waals surface area contributed by atoms with Crippen LogP contribution in [0.1, 0.15) is 32.4 Å². The lowest BCUT2D eigenvalue weighted by Crippen LogP contribution is -2.36. The molecule has 94 valence electrons. The van der Waals surface area contributed by atoms with E-state index in [9.17, 15) is 0 Å². The average Bonchev–Trinajstić information content (AvgIpc) is 2.72. The smallest absolute Gasteiger partial charge is 0.160 e. The number of nitrogens with zero attached hydrogens (tertiary/aromatic N) is 3. The molecule has 1 aromatic rings. The lowest BCUT2D eigenvalue weighted by atomic mass is 10.1. The molecule has 1 aliphatic heterocycles. The summed E-state index contributed by atoms with van der Waals surface area (Å²) in [5.74, 6) is 0.459. The fourth-order valence-electron chi connectivity index (χ4n) is 2.51. The maximum absolute atomic E-state index is 5.64. The third kappa shape index (κ3) is 2.96. The predicted octanol–water partition coefficient (Wildman–Crippen LogP) is 2.24. The first-order valence-electron chi connectivity index (χ1n) is 6.11. The maximum Gasteiger partial charge on any atom is 0.160 e. The number of hydrogen-bond acceptors (Lipinski definition) is 4. The Balaban J connectivity index is 2.07. The van der Waals surface area contributed by atoms with Crippen LogP contribution in [-0.4, -0.2) is 33.7 Å². The van der Waals surface area contributed by atoms with Crippen LogP contribution in [0.15, 0.2) is 10.5 Å². The number of likely N-dealkylation sites (tertiary alicyclic amines) is 1. The first-order valence-corrected chi connectivity index (χ1v) is 6.90. The Kier molecular flexibility index (Phi) is 3.99. The van der Waals surface area contributed by atoms with Gasteiger partial charge in [0.05, 0.1) is 10.2 Å². The highest BCUT2D eigenvalue weighted by Crippen LogP contribution is 2.24. The van der Waals surface area contributed by atoms with Gasteiger partial charge in [-0.25, -0.2) is 0 Å². The van der Waals surface area contributed by atoms with Gasteiger partial charge in [-0.1, -0.05) is 0 Å². The van der Waals surface area contributed by atoms with Gasteiger partial charge in [-0.3, -0.25) is 4.90 Å². The van der Waals surface area contributed by atoms with E-state index < -0.39 is 0 Å². The molecule has 0 amide bonds. The van der Waals surface area contributed by atoms with Crippen LogP contribution in [-0.2, 0) is 6.42 Å². The van der Waals surface area contributed by atoms with Gasteiger partial charge in [0.2, 0.25) is 0 Å². The summed E-state index contributed by atoms with van der Waals surface area (Å²) in [4.78, 5) is 2.55. The molecule has 1 aromatic heterocycles. The Morgan fingerprint density at radius 1 is 1.53 bits per heavy atom. The second-order valence-electron chi connectivity index (χ2n) is 4.90. The van der Waals surface area contributed by atoms with Gasteiger partial charge in [-0.2, -0.15) is 5.10 Å². The first kappa shape index (κ1) is 12.8. The third-order valence-electron chi connectivity index (χ3n) is 3.35. The van der Waals surface area contributed by atoms with Crippen LogP contribution in [0.2, 0.25) is 0 Å². The zero-order chi connectivity index (χ0) is 12.4. The van der Waals surface area contributed by atoms with Gasteiger partial charge in [-0.15, -0.1) is 5.10 Å². The van der Waals surface area contributed by atoms with Crippen molar-refractivity contribution in [2.45, 2.75) is 45.2 Å². The van der Waals surface area contributed by atoms with Crippen molar-refractivity contribution in [3.63, 3.8) is 0 Å². The van der Waals surface area contributed by atoms with Crippen LogP contribution in [0.5, 0.6) is 0 Å². The van der Waals surface area contributed by atoms with Crippen LogP contribution in [0.25, 0.3) is 0 Å². The van der Waals surface area contributed by atoms with Crippen molar-refractivity contribution in [3.8, 4) is 0 Å². The Bertz CT molecular complexity index is 394. The lowest BCUT2D eigenvalue weighted by molar-refractivity contribution is 0.201. The molecular formula is C12H19BrN4. The molecule has 0 spiro atoms. The summed E-state index contributed by atoms with van der Waals surface area (Å²) in [6, 6.07) is 3.19. The van der Waals surface area contributed by atoms with Gasteiger partial charge in [0.1, 0.15) is 0 Å². The van der Waals surface area contributed by atoms with E-state index in [1.54, 1.807) is 0 Å². The minimum absolute atomic E-state index is 0.459. The summed E-state index contributed by atoms with van der Waals surface area (Å²) >= 11 is 3.40. The molecule has 1 fully saturated rings. The molecule has 0 aromatic carbocycles. The number of aromatic nitrogens is 2.